The molecule has 2 aliphatic carbocycles. The molecule has 0 heterocycles. The Balaban J connectivity index is 1.04. The van der Waals surface area contributed by atoms with E-state index in [-0.39, 0.29) is 10.8 Å². The topological polar surface area (TPSA) is 6.48 Å². The van der Waals surface area contributed by atoms with Gasteiger partial charge in [0.15, 0.2) is 0 Å². The first-order valence-corrected chi connectivity index (χ1v) is 19.3. The number of anilines is 4. The Morgan fingerprint density at radius 3 is 1.11 bits per heavy atom. The lowest BCUT2D eigenvalue weighted by molar-refractivity contribution is 0.660. The second kappa shape index (κ2) is 14.2. The van der Waals surface area contributed by atoms with Crippen LogP contribution in [0.15, 0.2) is 219 Å². The molecule has 6 aromatic carbocycles. The van der Waals surface area contributed by atoms with Gasteiger partial charge in [0.05, 0.1) is 0 Å². The van der Waals surface area contributed by atoms with Gasteiger partial charge in [-0.1, -0.05) is 163 Å². The average molecular weight is 725 g/mol. The second-order valence-electron chi connectivity index (χ2n) is 15.8. The van der Waals surface area contributed by atoms with Crippen molar-refractivity contribution in [2.24, 2.45) is 0 Å². The third-order valence-corrected chi connectivity index (χ3v) is 11.6. The number of hydrogen-bond donors (Lipinski definition) is 0. The van der Waals surface area contributed by atoms with Crippen LogP contribution in [0, 0.1) is 0 Å². The number of nitrogens with zero attached hydrogens (tertiary/aromatic N) is 2. The van der Waals surface area contributed by atoms with E-state index in [0.29, 0.717) is 0 Å². The SMILES string of the molecule is C=C(/C=C\C(=C)N(c1ccccc1)c1ccc2c(c1)C(C)(C)c1ccccc1-2)C(=C)/C=C\C(=C)N(c1ccccc1)c1ccc2c(c1)C(C)(C)c1ccccc1-2. The Hall–Kier alpha value is -6.64. The Labute approximate surface area is 333 Å². The highest BCUT2D eigenvalue weighted by Crippen LogP contribution is 2.51. The summed E-state index contributed by atoms with van der Waals surface area (Å²) in [4.78, 5) is 4.41. The molecule has 0 aliphatic heterocycles. The van der Waals surface area contributed by atoms with Gasteiger partial charge in [-0.25, -0.2) is 0 Å². The van der Waals surface area contributed by atoms with Crippen molar-refractivity contribution in [1.29, 1.82) is 0 Å². The van der Waals surface area contributed by atoms with Crippen LogP contribution in [-0.2, 0) is 10.8 Å². The summed E-state index contributed by atoms with van der Waals surface area (Å²) in [5.74, 6) is 0. The fraction of sp³-hybridized carbons (Fsp3) is 0.111. The number of hydrogen-bond acceptors (Lipinski definition) is 2. The molecular weight excluding hydrogens is 677 g/mol. The number of rotatable bonds is 11. The fourth-order valence-corrected chi connectivity index (χ4v) is 8.53. The van der Waals surface area contributed by atoms with Crippen molar-refractivity contribution in [2.45, 2.75) is 38.5 Å². The molecule has 0 atom stereocenters. The maximum Gasteiger partial charge on any atom is 0.0464 e. The van der Waals surface area contributed by atoms with E-state index in [2.05, 4.69) is 197 Å². The molecule has 0 saturated carbocycles. The van der Waals surface area contributed by atoms with Crippen molar-refractivity contribution in [2.75, 3.05) is 9.80 Å². The minimum Gasteiger partial charge on any atom is -0.311 e. The zero-order valence-corrected chi connectivity index (χ0v) is 32.9. The van der Waals surface area contributed by atoms with Crippen LogP contribution in [0.3, 0.4) is 0 Å². The maximum atomic E-state index is 4.55. The molecule has 2 nitrogen and oxygen atoms in total. The Kier molecular flexibility index (Phi) is 9.22. The summed E-state index contributed by atoms with van der Waals surface area (Å²) >= 11 is 0. The molecule has 0 bridgehead atoms. The van der Waals surface area contributed by atoms with Gasteiger partial charge in [-0.2, -0.15) is 0 Å². The van der Waals surface area contributed by atoms with Crippen LogP contribution in [0.2, 0.25) is 0 Å². The van der Waals surface area contributed by atoms with Crippen molar-refractivity contribution in [1.82, 2.24) is 0 Å². The Morgan fingerprint density at radius 2 is 0.714 bits per heavy atom. The van der Waals surface area contributed by atoms with Crippen molar-refractivity contribution >= 4 is 22.7 Å². The van der Waals surface area contributed by atoms with Gasteiger partial charge in [0.25, 0.3) is 0 Å². The summed E-state index contributed by atoms with van der Waals surface area (Å²) in [6.07, 6.45) is 8.04. The van der Waals surface area contributed by atoms with Crippen LogP contribution in [0.1, 0.15) is 49.9 Å². The highest BCUT2D eigenvalue weighted by Gasteiger charge is 2.37. The Bertz CT molecular complexity index is 2410. The summed E-state index contributed by atoms with van der Waals surface area (Å²) in [6.45, 7) is 27.1. The first-order valence-electron chi connectivity index (χ1n) is 19.3. The summed E-state index contributed by atoms with van der Waals surface area (Å²) in [6, 6.07) is 51.8. The lowest BCUT2D eigenvalue weighted by Gasteiger charge is -2.28. The van der Waals surface area contributed by atoms with E-state index in [1.54, 1.807) is 0 Å². The largest absolute Gasteiger partial charge is 0.311 e. The van der Waals surface area contributed by atoms with Crippen LogP contribution in [0.25, 0.3) is 22.3 Å². The minimum absolute atomic E-state index is 0.108. The summed E-state index contributed by atoms with van der Waals surface area (Å²) < 4.78 is 0. The van der Waals surface area contributed by atoms with Crippen LogP contribution in [-0.4, -0.2) is 0 Å². The van der Waals surface area contributed by atoms with E-state index >= 15 is 0 Å². The van der Waals surface area contributed by atoms with E-state index in [1.165, 1.54) is 44.5 Å². The molecule has 0 saturated heterocycles. The van der Waals surface area contributed by atoms with Gasteiger partial charge >= 0.3 is 0 Å². The fourth-order valence-electron chi connectivity index (χ4n) is 8.53. The summed E-state index contributed by atoms with van der Waals surface area (Å²) in [5, 5.41) is 0. The van der Waals surface area contributed by atoms with Crippen LogP contribution in [0.4, 0.5) is 22.7 Å². The molecule has 2 heteroatoms. The Morgan fingerprint density at radius 1 is 0.375 bits per heavy atom. The second-order valence-corrected chi connectivity index (χ2v) is 15.8. The lowest BCUT2D eigenvalue weighted by Crippen LogP contribution is -2.18. The molecule has 0 unspecified atom stereocenters. The van der Waals surface area contributed by atoms with Gasteiger partial charge in [0.2, 0.25) is 0 Å². The molecule has 0 spiro atoms. The first-order chi connectivity index (χ1) is 27.0. The highest BCUT2D eigenvalue weighted by atomic mass is 15.1. The molecule has 56 heavy (non-hydrogen) atoms. The molecule has 274 valence electrons. The predicted molar refractivity (Wildman–Crippen MR) is 240 cm³/mol. The van der Waals surface area contributed by atoms with E-state index in [0.717, 1.165) is 45.3 Å². The van der Waals surface area contributed by atoms with Crippen molar-refractivity contribution in [3.63, 3.8) is 0 Å². The van der Waals surface area contributed by atoms with Gasteiger partial charge in [-0.3, -0.25) is 0 Å². The van der Waals surface area contributed by atoms with E-state index in [9.17, 15) is 0 Å². The quantitative estimate of drug-likeness (QED) is 0.123. The maximum absolute atomic E-state index is 4.55. The monoisotopic (exact) mass is 724 g/mol. The van der Waals surface area contributed by atoms with Gasteiger partial charge in [-0.05, 0) is 116 Å². The molecule has 0 radical (unpaired) electrons. The van der Waals surface area contributed by atoms with Crippen molar-refractivity contribution < 1.29 is 0 Å². The lowest BCUT2D eigenvalue weighted by atomic mass is 9.82. The number of benzene rings is 6. The predicted octanol–water partition coefficient (Wildman–Crippen LogP) is 14.5. The zero-order chi connectivity index (χ0) is 39.2. The van der Waals surface area contributed by atoms with E-state index < -0.39 is 0 Å². The molecule has 0 N–H and O–H groups in total. The zero-order valence-electron chi connectivity index (χ0n) is 32.9. The molecule has 0 amide bonds. The van der Waals surface area contributed by atoms with E-state index in [4.69, 9.17) is 0 Å². The van der Waals surface area contributed by atoms with Crippen LogP contribution >= 0.6 is 0 Å². The van der Waals surface area contributed by atoms with Crippen LogP contribution < -0.4 is 9.80 Å². The molecule has 6 aromatic rings. The van der Waals surface area contributed by atoms with Gasteiger partial charge in [0, 0.05) is 45.0 Å². The summed E-state index contributed by atoms with van der Waals surface area (Å²) in [7, 11) is 0. The molecular formula is C54H48N2. The van der Waals surface area contributed by atoms with Gasteiger partial charge in [-0.15, -0.1) is 0 Å². The third-order valence-electron chi connectivity index (χ3n) is 11.6. The number of fused-ring (bicyclic) bond motifs is 6. The average Bonchev–Trinajstić information content (AvgIpc) is 3.59. The van der Waals surface area contributed by atoms with Crippen molar-refractivity contribution in [3.8, 4) is 22.3 Å². The third kappa shape index (κ3) is 6.28. The molecule has 0 fully saturated rings. The standard InChI is InChI=1S/C54H48N2/c1-37(27-29-39(3)55(41-19-11-9-12-20-41)43-31-33-47-45-23-15-17-25-49(45)53(5,6)51(47)35-43)38(2)28-30-40(4)56(42-21-13-10-14-22-42)44-32-34-48-46-24-16-18-26-50(46)54(7,8)52(48)36-44/h9-36H,1-4H2,5-8H3/b29-27-,30-28-. The summed E-state index contributed by atoms with van der Waals surface area (Å²) in [5.41, 5.74) is 17.7. The smallest absolute Gasteiger partial charge is 0.0464 e. The van der Waals surface area contributed by atoms with Crippen molar-refractivity contribution in [3.05, 3.63) is 241 Å². The minimum atomic E-state index is -0.108. The van der Waals surface area contributed by atoms with Gasteiger partial charge in [0.1, 0.15) is 0 Å². The molecule has 0 aromatic heterocycles. The molecule has 8 rings (SSSR count). The number of allylic oxidation sites excluding steroid dienone is 6. The number of para-hydroxylation sites is 2. The van der Waals surface area contributed by atoms with Gasteiger partial charge < -0.3 is 9.80 Å². The van der Waals surface area contributed by atoms with Crippen LogP contribution in [0.5, 0.6) is 0 Å². The highest BCUT2D eigenvalue weighted by molar-refractivity contribution is 5.85. The molecule has 2 aliphatic rings. The normalized spacial score (nSPS) is 14.1. The van der Waals surface area contributed by atoms with E-state index in [1.807, 2.05) is 36.4 Å². The first kappa shape index (κ1) is 36.3.